The molecule has 132 valence electrons. The van der Waals surface area contributed by atoms with Crippen LogP contribution >= 0.6 is 0 Å². The van der Waals surface area contributed by atoms with E-state index in [1.165, 1.54) is 64.2 Å². The summed E-state index contributed by atoms with van der Waals surface area (Å²) in [7, 11) is 0. The zero-order chi connectivity index (χ0) is 16.5. The van der Waals surface area contributed by atoms with Gasteiger partial charge in [-0.05, 0) is 48.3 Å². The fraction of sp³-hybridized carbons (Fsp3) is 1.00. The lowest BCUT2D eigenvalue weighted by Gasteiger charge is -2.22. The summed E-state index contributed by atoms with van der Waals surface area (Å²) in [4.78, 5) is 0. The van der Waals surface area contributed by atoms with Gasteiger partial charge in [-0.2, -0.15) is 0 Å². The highest BCUT2D eigenvalue weighted by atomic mass is 14.2. The second-order valence-corrected chi connectivity index (χ2v) is 9.29. The molecule has 3 rings (SSSR count). The van der Waals surface area contributed by atoms with Gasteiger partial charge in [-0.3, -0.25) is 0 Å². The van der Waals surface area contributed by atoms with E-state index < -0.39 is 0 Å². The lowest BCUT2D eigenvalue weighted by molar-refractivity contribution is 0.301. The van der Waals surface area contributed by atoms with Crippen LogP contribution in [0.1, 0.15) is 106 Å². The Labute approximate surface area is 141 Å². The van der Waals surface area contributed by atoms with Gasteiger partial charge >= 0.3 is 0 Å². The van der Waals surface area contributed by atoms with E-state index >= 15 is 0 Å². The molecule has 0 saturated heterocycles. The summed E-state index contributed by atoms with van der Waals surface area (Å²) in [5, 5.41) is 0. The molecule has 0 aromatic rings. The molecule has 6 unspecified atom stereocenters. The summed E-state index contributed by atoms with van der Waals surface area (Å²) in [6.07, 6.45) is 14.7. The van der Waals surface area contributed by atoms with Gasteiger partial charge in [0.25, 0.3) is 0 Å². The van der Waals surface area contributed by atoms with Crippen molar-refractivity contribution < 1.29 is 0 Å². The van der Waals surface area contributed by atoms with Crippen molar-refractivity contribution >= 4 is 0 Å². The quantitative estimate of drug-likeness (QED) is 0.429. The molecule has 0 heteroatoms. The minimum atomic E-state index is 1.01. The van der Waals surface area contributed by atoms with Crippen molar-refractivity contribution in [3.63, 3.8) is 0 Å². The van der Waals surface area contributed by atoms with E-state index in [1.54, 1.807) is 0 Å². The molecule has 3 fully saturated rings. The molecular formula is C22H44. The van der Waals surface area contributed by atoms with Crippen LogP contribution in [0, 0.1) is 35.5 Å². The van der Waals surface area contributed by atoms with E-state index in [9.17, 15) is 0 Å². The SMILES string of the molecule is CC1CCC(C)C1.CC1CCCC(C)C1.CC1CCCC1C. The van der Waals surface area contributed by atoms with Crippen LogP contribution in [0.15, 0.2) is 0 Å². The average molecular weight is 309 g/mol. The number of hydrogen-bond acceptors (Lipinski definition) is 0. The molecule has 0 aliphatic heterocycles. The summed E-state index contributed by atoms with van der Waals surface area (Å²) in [6, 6.07) is 0. The highest BCUT2D eigenvalue weighted by Crippen LogP contribution is 2.30. The third-order valence-electron chi connectivity index (χ3n) is 6.45. The van der Waals surface area contributed by atoms with E-state index in [0.717, 1.165) is 35.5 Å². The monoisotopic (exact) mass is 308 g/mol. The van der Waals surface area contributed by atoms with Crippen LogP contribution in [0.2, 0.25) is 0 Å². The molecule has 0 radical (unpaired) electrons. The van der Waals surface area contributed by atoms with Gasteiger partial charge in [0.05, 0.1) is 0 Å². The summed E-state index contributed by atoms with van der Waals surface area (Å²) < 4.78 is 0. The van der Waals surface area contributed by atoms with Gasteiger partial charge in [0.1, 0.15) is 0 Å². The molecule has 3 aliphatic carbocycles. The maximum Gasteiger partial charge on any atom is -0.0417 e. The molecule has 0 heterocycles. The van der Waals surface area contributed by atoms with Crippen LogP contribution in [0.25, 0.3) is 0 Å². The fourth-order valence-electron chi connectivity index (χ4n) is 4.56. The normalized spacial score (nSPS) is 41.2. The van der Waals surface area contributed by atoms with E-state index in [2.05, 4.69) is 41.5 Å². The molecule has 3 aliphatic rings. The molecule has 0 bridgehead atoms. The van der Waals surface area contributed by atoms with Crippen LogP contribution < -0.4 is 0 Å². The molecule has 0 amide bonds. The number of hydrogen-bond donors (Lipinski definition) is 0. The van der Waals surface area contributed by atoms with E-state index in [4.69, 9.17) is 0 Å². The van der Waals surface area contributed by atoms with E-state index in [0.29, 0.717) is 0 Å². The summed E-state index contributed by atoms with van der Waals surface area (Å²) >= 11 is 0. The predicted molar refractivity (Wildman–Crippen MR) is 101 cm³/mol. The Kier molecular flexibility index (Phi) is 9.76. The first kappa shape index (κ1) is 20.0. The van der Waals surface area contributed by atoms with Crippen LogP contribution in [0.4, 0.5) is 0 Å². The standard InChI is InChI=1S/C8H16.2C7H14/c1-7-4-3-5-8(2)6-7;1-6-3-4-7(2)5-6;1-6-4-3-5-7(6)2/h7-8H,3-6H2,1-2H3;2*6-7H,3-5H2,1-2H3. The Balaban J connectivity index is 0.000000166. The van der Waals surface area contributed by atoms with Crippen molar-refractivity contribution in [1.29, 1.82) is 0 Å². The lowest BCUT2D eigenvalue weighted by Crippen LogP contribution is -2.09. The zero-order valence-corrected chi connectivity index (χ0v) is 16.5. The van der Waals surface area contributed by atoms with Crippen LogP contribution in [-0.4, -0.2) is 0 Å². The average Bonchev–Trinajstić information content (AvgIpc) is 3.00. The molecule has 6 atom stereocenters. The minimum absolute atomic E-state index is 1.01. The molecule has 0 N–H and O–H groups in total. The molecule has 0 aromatic carbocycles. The Bertz CT molecular complexity index is 245. The first-order valence-corrected chi connectivity index (χ1v) is 10.4. The third kappa shape index (κ3) is 8.59. The van der Waals surface area contributed by atoms with Crippen molar-refractivity contribution in [3.05, 3.63) is 0 Å². The van der Waals surface area contributed by atoms with Crippen molar-refractivity contribution in [2.24, 2.45) is 35.5 Å². The van der Waals surface area contributed by atoms with Gasteiger partial charge in [-0.25, -0.2) is 0 Å². The second-order valence-electron chi connectivity index (χ2n) is 9.29. The Hall–Kier alpha value is 0. The first-order chi connectivity index (χ1) is 10.4. The van der Waals surface area contributed by atoms with Gasteiger partial charge in [-0.1, -0.05) is 92.9 Å². The predicted octanol–water partition coefficient (Wildman–Crippen LogP) is 7.72. The molecule has 3 saturated carbocycles. The summed E-state index contributed by atoms with van der Waals surface area (Å²) in [5.41, 5.74) is 0. The van der Waals surface area contributed by atoms with Crippen LogP contribution in [-0.2, 0) is 0 Å². The largest absolute Gasteiger partial charge is 0.0625 e. The lowest BCUT2D eigenvalue weighted by atomic mass is 9.84. The van der Waals surface area contributed by atoms with Crippen molar-refractivity contribution in [1.82, 2.24) is 0 Å². The van der Waals surface area contributed by atoms with Crippen molar-refractivity contribution in [2.45, 2.75) is 106 Å². The van der Waals surface area contributed by atoms with Crippen molar-refractivity contribution in [2.75, 3.05) is 0 Å². The van der Waals surface area contributed by atoms with Crippen LogP contribution in [0.5, 0.6) is 0 Å². The summed E-state index contributed by atoms with van der Waals surface area (Å²) in [6.45, 7) is 14.2. The van der Waals surface area contributed by atoms with Gasteiger partial charge in [0.2, 0.25) is 0 Å². The van der Waals surface area contributed by atoms with Gasteiger partial charge in [-0.15, -0.1) is 0 Å². The zero-order valence-electron chi connectivity index (χ0n) is 16.5. The van der Waals surface area contributed by atoms with Crippen LogP contribution in [0.3, 0.4) is 0 Å². The Morgan fingerprint density at radius 2 is 0.727 bits per heavy atom. The van der Waals surface area contributed by atoms with Crippen molar-refractivity contribution in [3.8, 4) is 0 Å². The molecule has 0 nitrogen and oxygen atoms in total. The summed E-state index contributed by atoms with van der Waals surface area (Å²) in [5.74, 6) is 6.10. The molecule has 0 aromatic heterocycles. The minimum Gasteiger partial charge on any atom is -0.0625 e. The highest BCUT2D eigenvalue weighted by molar-refractivity contribution is 4.69. The topological polar surface area (TPSA) is 0 Å². The Morgan fingerprint density at radius 3 is 0.909 bits per heavy atom. The molecule has 0 spiro atoms. The van der Waals surface area contributed by atoms with Gasteiger partial charge in [0.15, 0.2) is 0 Å². The fourth-order valence-corrected chi connectivity index (χ4v) is 4.56. The molecule has 22 heavy (non-hydrogen) atoms. The highest BCUT2D eigenvalue weighted by Gasteiger charge is 2.17. The molecular weight excluding hydrogens is 264 g/mol. The van der Waals surface area contributed by atoms with E-state index in [-0.39, 0.29) is 0 Å². The first-order valence-electron chi connectivity index (χ1n) is 10.4. The van der Waals surface area contributed by atoms with Gasteiger partial charge in [0, 0.05) is 0 Å². The van der Waals surface area contributed by atoms with E-state index in [1.807, 2.05) is 0 Å². The maximum absolute atomic E-state index is 2.37. The Morgan fingerprint density at radius 1 is 0.409 bits per heavy atom. The second kappa shape index (κ2) is 10.7. The van der Waals surface area contributed by atoms with Gasteiger partial charge < -0.3 is 0 Å². The smallest absolute Gasteiger partial charge is 0.0417 e. The maximum atomic E-state index is 2.37. The third-order valence-corrected chi connectivity index (χ3v) is 6.45. The number of rotatable bonds is 0.